The quantitative estimate of drug-likeness (QED) is 0.0115. The summed E-state index contributed by atoms with van der Waals surface area (Å²) in [5, 5.41) is 18.4. The Bertz CT molecular complexity index is 4380. The van der Waals surface area contributed by atoms with Gasteiger partial charge in [0, 0.05) is 101 Å². The van der Waals surface area contributed by atoms with Crippen LogP contribution in [0.4, 0.5) is 11.6 Å². The van der Waals surface area contributed by atoms with E-state index in [0.29, 0.717) is 96.2 Å². The summed E-state index contributed by atoms with van der Waals surface area (Å²) in [5.41, 5.74) is 22.8. The number of hydrogen-bond acceptors (Lipinski definition) is 21. The zero-order valence-electron chi connectivity index (χ0n) is 56.5. The van der Waals surface area contributed by atoms with Crippen LogP contribution in [0.2, 0.25) is 0 Å². The third-order valence-electron chi connectivity index (χ3n) is 16.8. The number of nitrogens with zero attached hydrogens (tertiary/aromatic N) is 8. The average molecular weight is 1400 g/mol. The lowest BCUT2D eigenvalue weighted by molar-refractivity contribution is -0.197. The number of hydrogen-bond donors (Lipinski definition) is 7. The number of carbonyl (C=O) groups is 8. The highest BCUT2D eigenvalue weighted by Gasteiger charge is 2.34. The number of fused-ring (bicyclic) bond motifs is 6. The number of hydroxylamine groups is 4. The molecule has 4 aromatic carbocycles. The molecule has 30 heteroatoms. The average Bonchev–Trinajstić information content (AvgIpc) is 1.58. The number of unbranched alkanes of at least 4 members (excludes halogenated alkanes) is 2. The van der Waals surface area contributed by atoms with Crippen molar-refractivity contribution in [3.63, 3.8) is 0 Å². The molecular weight excluding hydrogens is 1310 g/mol. The molecule has 0 radical (unpaired) electrons. The summed E-state index contributed by atoms with van der Waals surface area (Å²) < 4.78 is 32.1. The van der Waals surface area contributed by atoms with Crippen molar-refractivity contribution in [3.05, 3.63) is 118 Å². The number of phenols is 1. The van der Waals surface area contributed by atoms with Crippen LogP contribution in [-0.2, 0) is 101 Å². The number of benzene rings is 4. The molecule has 0 spiro atoms. The fraction of sp³-hybridized carbons (Fsp3) is 0.429. The molecule has 0 bridgehead atoms. The maximum atomic E-state index is 12.2. The number of rotatable bonds is 34. The number of aromatic hydroxyl groups is 1. The summed E-state index contributed by atoms with van der Waals surface area (Å²) in [6.07, 6.45) is 7.22. The van der Waals surface area contributed by atoms with Crippen molar-refractivity contribution in [3.8, 4) is 11.5 Å². The first-order valence-electron chi connectivity index (χ1n) is 33.6. The van der Waals surface area contributed by atoms with Gasteiger partial charge in [-0.15, -0.1) is 10.1 Å². The lowest BCUT2D eigenvalue weighted by atomic mass is 10.1. The molecule has 9 N–H and O–H groups in total. The van der Waals surface area contributed by atoms with E-state index in [4.69, 9.17) is 45.1 Å². The van der Waals surface area contributed by atoms with Crippen molar-refractivity contribution in [2.45, 2.75) is 156 Å². The van der Waals surface area contributed by atoms with Gasteiger partial charge in [-0.1, -0.05) is 63.1 Å². The van der Waals surface area contributed by atoms with Crippen molar-refractivity contribution in [2.24, 2.45) is 0 Å². The Morgan fingerprint density at radius 2 is 0.950 bits per heavy atom. The van der Waals surface area contributed by atoms with Crippen molar-refractivity contribution in [1.82, 2.24) is 49.8 Å². The number of nitrogen functional groups attached to an aromatic ring is 2. The molecule has 0 saturated carbocycles. The van der Waals surface area contributed by atoms with Crippen molar-refractivity contribution in [1.29, 1.82) is 0 Å². The first kappa shape index (κ1) is 74.3. The van der Waals surface area contributed by atoms with Gasteiger partial charge in [0.05, 0.1) is 48.5 Å². The van der Waals surface area contributed by atoms with E-state index in [1.165, 1.54) is 0 Å². The van der Waals surface area contributed by atoms with E-state index in [9.17, 15) is 57.8 Å². The van der Waals surface area contributed by atoms with Crippen LogP contribution < -0.4 is 26.6 Å². The molecule has 0 atom stereocenters. The number of pyridine rings is 2. The Hall–Kier alpha value is -9.93. The number of nitrogens with one attached hydrogen (secondary N) is 2. The normalized spacial score (nSPS) is 13.3. The molecular formula is C70H85N12O17P. The SMILES string of the molecule is CCCCc1nc2c(N)nc3ccc(CCOCCNC(=O)CCCC(=O)ON4C(=O)CCC4=O)cc3c2n1Cc1ccc(O)c(C)c1.CCCCc1nc2c(N)nc3ccc(CCOCCNC(=O)CCCC(=O)ON4C(=O)CCC4=O)cc3c2n1Cc1ccc(OP(=O)(O)O)c(C)c1. The Morgan fingerprint density at radius 3 is 1.36 bits per heavy atom. The number of nitrogens with two attached hydrogens (primary N) is 2. The third-order valence-corrected chi connectivity index (χ3v) is 17.2. The van der Waals surface area contributed by atoms with Gasteiger partial charge in [-0.2, -0.15) is 0 Å². The molecule has 2 saturated heterocycles. The van der Waals surface area contributed by atoms with Crippen LogP contribution >= 0.6 is 7.82 Å². The number of imide groups is 2. The van der Waals surface area contributed by atoms with Gasteiger partial charge in [-0.3, -0.25) is 38.6 Å². The summed E-state index contributed by atoms with van der Waals surface area (Å²) in [5.74, 6) is -1.23. The highest BCUT2D eigenvalue weighted by Crippen LogP contribution is 2.40. The number of ether oxygens (including phenoxy) is 2. The number of phosphoric ester groups is 1. The zero-order valence-corrected chi connectivity index (χ0v) is 57.4. The third kappa shape index (κ3) is 19.9. The molecule has 2 aliphatic heterocycles. The number of amides is 6. The van der Waals surface area contributed by atoms with E-state index in [1.54, 1.807) is 25.1 Å². The summed E-state index contributed by atoms with van der Waals surface area (Å²) >= 11 is 0. The van der Waals surface area contributed by atoms with Gasteiger partial charge in [0.2, 0.25) is 11.8 Å². The van der Waals surface area contributed by atoms with Crippen LogP contribution in [0.15, 0.2) is 72.8 Å². The lowest BCUT2D eigenvalue weighted by Gasteiger charge is -2.14. The molecule has 8 aromatic rings. The second-order valence-corrected chi connectivity index (χ2v) is 25.7. The molecule has 0 unspecified atom stereocenters. The van der Waals surface area contributed by atoms with Gasteiger partial charge >= 0.3 is 19.8 Å². The van der Waals surface area contributed by atoms with Crippen molar-refractivity contribution >= 4 is 111 Å². The molecule has 2 fully saturated rings. The molecule has 2 aliphatic rings. The Balaban J connectivity index is 0.000000234. The van der Waals surface area contributed by atoms with Gasteiger partial charge in [0.15, 0.2) is 11.6 Å². The maximum absolute atomic E-state index is 12.2. The van der Waals surface area contributed by atoms with E-state index in [2.05, 4.69) is 55.7 Å². The molecule has 100 heavy (non-hydrogen) atoms. The number of aryl methyl sites for hydroxylation is 4. The number of imidazole rings is 2. The smallest absolute Gasteiger partial charge is 0.508 e. The van der Waals surface area contributed by atoms with E-state index in [1.807, 2.05) is 49.4 Å². The summed E-state index contributed by atoms with van der Waals surface area (Å²) in [4.78, 5) is 142. The predicted molar refractivity (Wildman–Crippen MR) is 368 cm³/mol. The molecule has 10 rings (SSSR count). The number of carbonyl (C=O) groups excluding carboxylic acids is 8. The minimum atomic E-state index is -4.70. The molecule has 29 nitrogen and oxygen atoms in total. The molecule has 532 valence electrons. The largest absolute Gasteiger partial charge is 0.524 e. The highest BCUT2D eigenvalue weighted by molar-refractivity contribution is 7.46. The van der Waals surface area contributed by atoms with Crippen LogP contribution in [0.5, 0.6) is 11.5 Å². The number of anilines is 2. The summed E-state index contributed by atoms with van der Waals surface area (Å²) in [6.45, 7) is 10.9. The maximum Gasteiger partial charge on any atom is 0.524 e. The van der Waals surface area contributed by atoms with Crippen LogP contribution in [0.3, 0.4) is 0 Å². The summed E-state index contributed by atoms with van der Waals surface area (Å²) in [6, 6.07) is 22.8. The molecule has 6 amide bonds. The topological polar surface area (TPSA) is 404 Å². The van der Waals surface area contributed by atoms with Gasteiger partial charge in [-0.25, -0.2) is 34.1 Å². The van der Waals surface area contributed by atoms with Crippen molar-refractivity contribution < 1.29 is 81.5 Å². The first-order valence-corrected chi connectivity index (χ1v) is 35.1. The Morgan fingerprint density at radius 1 is 0.530 bits per heavy atom. The minimum absolute atomic E-state index is 0.0185. The summed E-state index contributed by atoms with van der Waals surface area (Å²) in [7, 11) is -4.70. The Kier molecular flexibility index (Phi) is 25.8. The Labute approximate surface area is 576 Å². The van der Waals surface area contributed by atoms with Crippen molar-refractivity contribution in [2.75, 3.05) is 51.0 Å². The fourth-order valence-electron chi connectivity index (χ4n) is 11.6. The van der Waals surface area contributed by atoms with E-state index in [-0.39, 0.29) is 101 Å². The monoisotopic (exact) mass is 1400 g/mol. The van der Waals surface area contributed by atoms with Gasteiger partial charge < -0.3 is 60.0 Å². The van der Waals surface area contributed by atoms with Gasteiger partial charge in [-0.05, 0) is 122 Å². The standard InChI is InChI=1S/C35H43N6O10P.C35H42N6O7/c1-3-4-6-28-39-33-34(40(28)21-24-10-12-27(22(2)19-24)51-52(46,47)48)25-20-23(9-11-26(25)38-35(33)36)15-17-49-18-16-37-29(42)7-5-8-32(45)50-41-30(43)13-14-31(41)44;1-3-4-6-28-39-33-34(40(28)21-24-10-12-27(42)22(2)19-24)25-20-23(9-11-26(25)38-35(33)36)15-17-47-18-16-37-29(43)7-5-8-32(46)48-41-30(44)13-14-31(41)45/h9-12,19-20H,3-8,13-18,21H2,1-2H3,(H2,36,38)(H,37,42)(H2,46,47,48);9-12,19-20,42H,3-8,13-18,21H2,1-2H3,(H2,36,38)(H,37,43). The minimum Gasteiger partial charge on any atom is -0.508 e. The lowest BCUT2D eigenvalue weighted by Crippen LogP contribution is -2.32. The highest BCUT2D eigenvalue weighted by atomic mass is 31.2. The van der Waals surface area contributed by atoms with Crippen LogP contribution in [0.25, 0.3) is 43.9 Å². The van der Waals surface area contributed by atoms with Gasteiger partial charge in [0.25, 0.3) is 23.6 Å². The molecule has 4 aromatic heterocycles. The number of aromatic nitrogens is 6. The fourth-order valence-corrected chi connectivity index (χ4v) is 12.1. The van der Waals surface area contributed by atoms with Crippen LogP contribution in [0, 0.1) is 13.8 Å². The molecule has 0 aliphatic carbocycles. The van der Waals surface area contributed by atoms with Gasteiger partial charge in [0.1, 0.15) is 34.2 Å². The first-order chi connectivity index (χ1) is 48.0. The zero-order chi connectivity index (χ0) is 71.6. The predicted octanol–water partition coefficient (Wildman–Crippen LogP) is 7.81. The number of phosphoric acid groups is 1. The van der Waals surface area contributed by atoms with E-state index in [0.717, 1.165) is 105 Å². The second-order valence-electron chi connectivity index (χ2n) is 24.6. The molecule has 6 heterocycles. The van der Waals surface area contributed by atoms with E-state index < -0.39 is 43.4 Å². The van der Waals surface area contributed by atoms with E-state index >= 15 is 0 Å². The number of phenolic OH excluding ortho intramolecular Hbond substituents is 1. The van der Waals surface area contributed by atoms with Crippen LogP contribution in [-0.4, -0.2) is 141 Å². The van der Waals surface area contributed by atoms with Crippen LogP contribution in [0.1, 0.15) is 149 Å². The second kappa shape index (κ2) is 34.7.